The number of aliphatic hydroxyl groups is 3. The van der Waals surface area contributed by atoms with Gasteiger partial charge in [-0.25, -0.2) is 0 Å². The van der Waals surface area contributed by atoms with Gasteiger partial charge in [0.2, 0.25) is 0 Å². The number of carbonyl (C=O) groups is 1. The molecule has 0 aliphatic heterocycles. The topological polar surface area (TPSA) is 77.8 Å². The molecule has 0 saturated heterocycles. The van der Waals surface area contributed by atoms with E-state index < -0.39 is 11.5 Å². The summed E-state index contributed by atoms with van der Waals surface area (Å²) in [6.45, 7) is 2.17. The van der Waals surface area contributed by atoms with Crippen molar-refractivity contribution in [2.24, 2.45) is 28.6 Å². The number of fused-ring (bicyclic) bond motifs is 5. The quantitative estimate of drug-likeness (QED) is 0.467. The molecule has 4 rings (SSSR count). The fraction of sp³-hybridized carbons (Fsp3) is 0.842. The SMILES string of the molecule is C[C@]12CC[C@H](O)CC1=C[C@H](O)C1C3C[C@@H](Br)C(=O)[C@@]3(CO)CCC12. The molecule has 3 unspecified atom stereocenters. The van der Waals surface area contributed by atoms with Crippen molar-refractivity contribution in [2.75, 3.05) is 6.61 Å². The number of halogens is 1. The monoisotopic (exact) mass is 398 g/mol. The predicted molar refractivity (Wildman–Crippen MR) is 93.6 cm³/mol. The van der Waals surface area contributed by atoms with Crippen molar-refractivity contribution in [3.8, 4) is 0 Å². The van der Waals surface area contributed by atoms with Crippen LogP contribution in [0, 0.1) is 28.6 Å². The van der Waals surface area contributed by atoms with E-state index in [9.17, 15) is 20.1 Å². The smallest absolute Gasteiger partial charge is 0.155 e. The number of Topliss-reactive ketones (excluding diaryl/α,β-unsaturated/α-hetero) is 1. The highest BCUT2D eigenvalue weighted by molar-refractivity contribution is 9.10. The van der Waals surface area contributed by atoms with Crippen molar-refractivity contribution in [3.63, 3.8) is 0 Å². The summed E-state index contributed by atoms with van der Waals surface area (Å²) < 4.78 is 0. The number of hydrogen-bond donors (Lipinski definition) is 3. The van der Waals surface area contributed by atoms with E-state index in [1.165, 1.54) is 5.57 Å². The Labute approximate surface area is 151 Å². The van der Waals surface area contributed by atoms with Crippen LogP contribution >= 0.6 is 15.9 Å². The number of aliphatic hydroxyl groups excluding tert-OH is 3. The Morgan fingerprint density at radius 2 is 2.00 bits per heavy atom. The molecule has 5 heteroatoms. The molecule has 8 atom stereocenters. The predicted octanol–water partition coefficient (Wildman–Crippen LogP) is 2.20. The standard InChI is InChI=1S/C19H27BrO4/c1-18-4-2-11(22)6-10(18)7-15(23)16-12(18)3-5-19(9-21)13(16)8-14(20)17(19)24/h7,11-16,21-23H,2-6,8-9H2,1H3/t11-,12?,13?,14+,15-,16?,18-,19+/m0/s1. The molecular formula is C19H27BrO4. The Bertz CT molecular complexity index is 590. The maximum Gasteiger partial charge on any atom is 0.155 e. The van der Waals surface area contributed by atoms with Gasteiger partial charge >= 0.3 is 0 Å². The van der Waals surface area contributed by atoms with E-state index >= 15 is 0 Å². The Kier molecular flexibility index (Phi) is 4.04. The maximum absolute atomic E-state index is 12.7. The Morgan fingerprint density at radius 1 is 1.25 bits per heavy atom. The first-order chi connectivity index (χ1) is 11.3. The van der Waals surface area contributed by atoms with Gasteiger partial charge in [0, 0.05) is 0 Å². The third kappa shape index (κ3) is 2.11. The minimum atomic E-state index is -0.674. The van der Waals surface area contributed by atoms with Crippen LogP contribution in [0.5, 0.6) is 0 Å². The van der Waals surface area contributed by atoms with Gasteiger partial charge in [0.15, 0.2) is 5.78 Å². The number of alkyl halides is 1. The summed E-state index contributed by atoms with van der Waals surface area (Å²) in [6.07, 6.45) is 5.79. The first-order valence-electron chi connectivity index (χ1n) is 9.20. The summed E-state index contributed by atoms with van der Waals surface area (Å²) in [6, 6.07) is 0. The van der Waals surface area contributed by atoms with Gasteiger partial charge in [0.1, 0.15) is 0 Å². The molecule has 3 saturated carbocycles. The summed E-state index contributed by atoms with van der Waals surface area (Å²) in [7, 11) is 0. The van der Waals surface area contributed by atoms with Crippen LogP contribution in [0.25, 0.3) is 0 Å². The number of ketones is 1. The molecule has 0 aromatic rings. The highest BCUT2D eigenvalue weighted by Gasteiger charge is 2.64. The van der Waals surface area contributed by atoms with E-state index in [4.69, 9.17) is 0 Å². The summed E-state index contributed by atoms with van der Waals surface area (Å²) in [4.78, 5) is 12.5. The third-order valence-electron chi connectivity index (χ3n) is 7.83. The third-order valence-corrected chi connectivity index (χ3v) is 8.62. The van der Waals surface area contributed by atoms with Gasteiger partial charge in [-0.3, -0.25) is 4.79 Å². The Hall–Kier alpha value is -0.230. The van der Waals surface area contributed by atoms with Crippen LogP contribution in [0.3, 0.4) is 0 Å². The van der Waals surface area contributed by atoms with Crippen molar-refractivity contribution in [1.29, 1.82) is 0 Å². The lowest BCUT2D eigenvalue weighted by atomic mass is 9.47. The number of rotatable bonds is 1. The molecule has 24 heavy (non-hydrogen) atoms. The van der Waals surface area contributed by atoms with E-state index in [1.54, 1.807) is 0 Å². The second-order valence-corrected chi connectivity index (χ2v) is 9.81. The second kappa shape index (κ2) is 5.63. The van der Waals surface area contributed by atoms with Crippen LogP contribution < -0.4 is 0 Å². The normalized spacial score (nSPS) is 53.9. The minimum Gasteiger partial charge on any atom is -0.395 e. The van der Waals surface area contributed by atoms with E-state index in [2.05, 4.69) is 22.9 Å². The number of carbonyl (C=O) groups excluding carboxylic acids is 1. The summed E-state index contributed by atoms with van der Waals surface area (Å²) in [5.41, 5.74) is 0.538. The van der Waals surface area contributed by atoms with Crippen LogP contribution in [0.2, 0.25) is 0 Å². The largest absolute Gasteiger partial charge is 0.395 e. The minimum absolute atomic E-state index is 0.0121. The fourth-order valence-electron chi connectivity index (χ4n) is 6.48. The lowest BCUT2D eigenvalue weighted by molar-refractivity contribution is -0.142. The molecule has 0 bridgehead atoms. The lowest BCUT2D eigenvalue weighted by Crippen LogP contribution is -2.56. The molecule has 4 aliphatic carbocycles. The Morgan fingerprint density at radius 3 is 2.71 bits per heavy atom. The molecule has 3 fully saturated rings. The molecule has 0 aromatic heterocycles. The van der Waals surface area contributed by atoms with Crippen LogP contribution in [-0.2, 0) is 4.79 Å². The zero-order chi connectivity index (χ0) is 17.3. The van der Waals surface area contributed by atoms with Crippen molar-refractivity contribution >= 4 is 21.7 Å². The highest BCUT2D eigenvalue weighted by Crippen LogP contribution is 2.64. The molecule has 3 N–H and O–H groups in total. The van der Waals surface area contributed by atoms with E-state index in [1.807, 2.05) is 6.08 Å². The maximum atomic E-state index is 12.7. The van der Waals surface area contributed by atoms with Crippen molar-refractivity contribution in [2.45, 2.75) is 62.5 Å². The second-order valence-electron chi connectivity index (χ2n) is 8.71. The van der Waals surface area contributed by atoms with Crippen LogP contribution in [-0.4, -0.2) is 44.7 Å². The molecule has 0 aromatic carbocycles. The zero-order valence-corrected chi connectivity index (χ0v) is 15.7. The molecule has 4 nitrogen and oxygen atoms in total. The fourth-order valence-corrected chi connectivity index (χ4v) is 7.34. The molecule has 0 radical (unpaired) electrons. The summed E-state index contributed by atoms with van der Waals surface area (Å²) >= 11 is 3.51. The molecule has 0 spiro atoms. The van der Waals surface area contributed by atoms with Gasteiger partial charge in [0.25, 0.3) is 0 Å². The highest BCUT2D eigenvalue weighted by atomic mass is 79.9. The van der Waals surface area contributed by atoms with Gasteiger partial charge in [0.05, 0.1) is 29.1 Å². The lowest BCUT2D eigenvalue weighted by Gasteiger charge is -2.58. The van der Waals surface area contributed by atoms with E-state index in [-0.39, 0.29) is 40.6 Å². The average molecular weight is 399 g/mol. The van der Waals surface area contributed by atoms with Gasteiger partial charge < -0.3 is 15.3 Å². The van der Waals surface area contributed by atoms with Crippen LogP contribution in [0.1, 0.15) is 45.4 Å². The molecule has 4 aliphatic rings. The van der Waals surface area contributed by atoms with Crippen molar-refractivity contribution in [3.05, 3.63) is 11.6 Å². The molecule has 0 amide bonds. The van der Waals surface area contributed by atoms with Gasteiger partial charge in [-0.15, -0.1) is 0 Å². The molecule has 0 heterocycles. The van der Waals surface area contributed by atoms with Crippen LogP contribution in [0.15, 0.2) is 11.6 Å². The van der Waals surface area contributed by atoms with Gasteiger partial charge in [-0.05, 0) is 61.7 Å². The number of hydrogen-bond acceptors (Lipinski definition) is 4. The first kappa shape index (κ1) is 17.2. The molecule has 134 valence electrons. The summed E-state index contributed by atoms with van der Waals surface area (Å²) in [5.74, 6) is 0.519. The van der Waals surface area contributed by atoms with E-state index in [0.29, 0.717) is 25.2 Å². The summed E-state index contributed by atoms with van der Waals surface area (Å²) in [5, 5.41) is 31.0. The molecular weight excluding hydrogens is 372 g/mol. The van der Waals surface area contributed by atoms with Gasteiger partial charge in [-0.1, -0.05) is 34.5 Å². The van der Waals surface area contributed by atoms with Gasteiger partial charge in [-0.2, -0.15) is 0 Å². The van der Waals surface area contributed by atoms with Crippen LogP contribution in [0.4, 0.5) is 0 Å². The van der Waals surface area contributed by atoms with Crippen molar-refractivity contribution in [1.82, 2.24) is 0 Å². The Balaban J connectivity index is 1.76. The zero-order valence-electron chi connectivity index (χ0n) is 14.1. The first-order valence-corrected chi connectivity index (χ1v) is 10.1. The van der Waals surface area contributed by atoms with E-state index in [0.717, 1.165) is 19.3 Å². The average Bonchev–Trinajstić information content (AvgIpc) is 2.81. The van der Waals surface area contributed by atoms with Crippen molar-refractivity contribution < 1.29 is 20.1 Å².